The summed E-state index contributed by atoms with van der Waals surface area (Å²) in [6.45, 7) is 1.43. The van der Waals surface area contributed by atoms with Gasteiger partial charge < -0.3 is 4.74 Å². The second-order valence-corrected chi connectivity index (χ2v) is 5.19. The van der Waals surface area contributed by atoms with Crippen molar-refractivity contribution in [2.45, 2.75) is 31.4 Å². The van der Waals surface area contributed by atoms with Gasteiger partial charge in [0.15, 0.2) is 0 Å². The van der Waals surface area contributed by atoms with Gasteiger partial charge >= 0.3 is 12.1 Å². The standard InChI is InChI=1S/C14H15ClF4O2/c1-13(6-3-7-15,12(20)21-2)10-5-4-9(8-11(10)16)14(17,18)19/h4-5,8H,3,6-7H2,1-2H3. The Kier molecular flexibility index (Phi) is 5.61. The number of carbonyl (C=O) groups is 1. The van der Waals surface area contributed by atoms with Gasteiger partial charge in [0.25, 0.3) is 0 Å². The smallest absolute Gasteiger partial charge is 0.416 e. The summed E-state index contributed by atoms with van der Waals surface area (Å²) in [6.07, 6.45) is -4.07. The molecule has 0 N–H and O–H groups in total. The Labute approximate surface area is 125 Å². The van der Waals surface area contributed by atoms with E-state index in [-0.39, 0.29) is 17.9 Å². The van der Waals surface area contributed by atoms with Gasteiger partial charge in [-0.05, 0) is 31.9 Å². The van der Waals surface area contributed by atoms with Gasteiger partial charge in [-0.15, -0.1) is 11.6 Å². The van der Waals surface area contributed by atoms with Crippen LogP contribution in [0.5, 0.6) is 0 Å². The van der Waals surface area contributed by atoms with E-state index in [4.69, 9.17) is 11.6 Å². The third-order valence-corrected chi connectivity index (χ3v) is 3.60. The molecule has 1 aromatic rings. The topological polar surface area (TPSA) is 26.3 Å². The fraction of sp³-hybridized carbons (Fsp3) is 0.500. The molecule has 0 fully saturated rings. The summed E-state index contributed by atoms with van der Waals surface area (Å²) in [7, 11) is 1.14. The van der Waals surface area contributed by atoms with Gasteiger partial charge in [0.05, 0.1) is 18.1 Å². The second-order valence-electron chi connectivity index (χ2n) is 4.81. The first-order valence-corrected chi connectivity index (χ1v) is 6.72. The summed E-state index contributed by atoms with van der Waals surface area (Å²) in [5.74, 6) is -1.56. The lowest BCUT2D eigenvalue weighted by atomic mass is 9.78. The van der Waals surface area contributed by atoms with Crippen LogP contribution in [0, 0.1) is 5.82 Å². The molecule has 0 aliphatic heterocycles. The second kappa shape index (κ2) is 6.64. The molecule has 1 atom stereocenters. The van der Waals surface area contributed by atoms with Crippen molar-refractivity contribution in [1.82, 2.24) is 0 Å². The molecule has 0 bridgehead atoms. The van der Waals surface area contributed by atoms with Crippen LogP contribution < -0.4 is 0 Å². The normalized spacial score (nSPS) is 14.6. The van der Waals surface area contributed by atoms with Gasteiger partial charge in [-0.1, -0.05) is 6.07 Å². The van der Waals surface area contributed by atoms with Crippen molar-refractivity contribution in [3.05, 3.63) is 35.1 Å². The average molecular weight is 327 g/mol. The fourth-order valence-electron chi connectivity index (χ4n) is 2.13. The quantitative estimate of drug-likeness (QED) is 0.458. The van der Waals surface area contributed by atoms with E-state index in [1.807, 2.05) is 0 Å². The Balaban J connectivity index is 3.29. The molecule has 1 rings (SSSR count). The molecule has 0 aliphatic rings. The summed E-state index contributed by atoms with van der Waals surface area (Å²) in [5.41, 5.74) is -2.61. The number of esters is 1. The number of benzene rings is 1. The molecule has 0 spiro atoms. The van der Waals surface area contributed by atoms with Crippen LogP contribution in [0.2, 0.25) is 0 Å². The first kappa shape index (κ1) is 17.8. The van der Waals surface area contributed by atoms with Gasteiger partial charge in [-0.3, -0.25) is 4.79 Å². The highest BCUT2D eigenvalue weighted by molar-refractivity contribution is 6.17. The maximum absolute atomic E-state index is 14.1. The zero-order chi connectivity index (χ0) is 16.3. The van der Waals surface area contributed by atoms with E-state index in [2.05, 4.69) is 4.74 Å². The van der Waals surface area contributed by atoms with Gasteiger partial charge in [-0.25, -0.2) is 4.39 Å². The number of hydrogen-bond donors (Lipinski definition) is 0. The van der Waals surface area contributed by atoms with E-state index in [1.165, 1.54) is 6.92 Å². The predicted molar refractivity (Wildman–Crippen MR) is 70.7 cm³/mol. The number of hydrogen-bond acceptors (Lipinski definition) is 2. The van der Waals surface area contributed by atoms with Crippen molar-refractivity contribution in [3.63, 3.8) is 0 Å². The summed E-state index contributed by atoms with van der Waals surface area (Å²) in [5, 5.41) is 0. The minimum absolute atomic E-state index is 0.132. The molecule has 0 aromatic heterocycles. The monoisotopic (exact) mass is 326 g/mol. The van der Waals surface area contributed by atoms with Crippen LogP contribution in [-0.2, 0) is 21.1 Å². The summed E-state index contributed by atoms with van der Waals surface area (Å²) in [6, 6.07) is 2.11. The lowest BCUT2D eigenvalue weighted by molar-refractivity contribution is -0.147. The van der Waals surface area contributed by atoms with E-state index in [1.54, 1.807) is 0 Å². The molecule has 0 radical (unpaired) electrons. The van der Waals surface area contributed by atoms with Gasteiger partial charge in [0, 0.05) is 11.4 Å². The molecule has 21 heavy (non-hydrogen) atoms. The number of carbonyl (C=O) groups excluding carboxylic acids is 1. The Bertz CT molecular complexity index is 516. The van der Waals surface area contributed by atoms with Crippen LogP contribution in [0.25, 0.3) is 0 Å². The molecule has 1 aromatic carbocycles. The van der Waals surface area contributed by atoms with Crippen LogP contribution in [-0.4, -0.2) is 19.0 Å². The van der Waals surface area contributed by atoms with Crippen molar-refractivity contribution >= 4 is 17.6 Å². The lowest BCUT2D eigenvalue weighted by Gasteiger charge is -2.27. The highest BCUT2D eigenvalue weighted by Crippen LogP contribution is 2.36. The number of alkyl halides is 4. The molecular formula is C14H15ClF4O2. The van der Waals surface area contributed by atoms with Crippen molar-refractivity contribution in [2.75, 3.05) is 13.0 Å². The Hall–Kier alpha value is -1.30. The van der Waals surface area contributed by atoms with Crippen LogP contribution in [0.3, 0.4) is 0 Å². The molecule has 7 heteroatoms. The van der Waals surface area contributed by atoms with Gasteiger partial charge in [0.1, 0.15) is 5.82 Å². The van der Waals surface area contributed by atoms with Crippen molar-refractivity contribution in [3.8, 4) is 0 Å². The van der Waals surface area contributed by atoms with E-state index in [0.717, 1.165) is 19.2 Å². The average Bonchev–Trinajstić information content (AvgIpc) is 2.42. The summed E-state index contributed by atoms with van der Waals surface area (Å²) < 4.78 is 56.4. The van der Waals surface area contributed by atoms with Gasteiger partial charge in [0.2, 0.25) is 0 Å². The third kappa shape index (κ3) is 3.87. The molecule has 0 heterocycles. The number of ether oxygens (including phenoxy) is 1. The van der Waals surface area contributed by atoms with Crippen LogP contribution in [0.4, 0.5) is 17.6 Å². The van der Waals surface area contributed by atoms with Gasteiger partial charge in [-0.2, -0.15) is 13.2 Å². The van der Waals surface area contributed by atoms with Crippen LogP contribution in [0.15, 0.2) is 18.2 Å². The Morgan fingerprint density at radius 1 is 1.33 bits per heavy atom. The van der Waals surface area contributed by atoms with Crippen molar-refractivity contribution < 1.29 is 27.1 Å². The highest BCUT2D eigenvalue weighted by Gasteiger charge is 2.39. The summed E-state index contributed by atoms with van der Waals surface area (Å²) >= 11 is 5.57. The molecule has 1 unspecified atom stereocenters. The molecule has 118 valence electrons. The number of rotatable bonds is 5. The summed E-state index contributed by atoms with van der Waals surface area (Å²) in [4.78, 5) is 11.9. The van der Waals surface area contributed by atoms with E-state index in [9.17, 15) is 22.4 Å². The molecule has 0 saturated heterocycles. The largest absolute Gasteiger partial charge is 0.468 e. The fourth-order valence-corrected chi connectivity index (χ4v) is 2.26. The lowest BCUT2D eigenvalue weighted by Crippen LogP contribution is -2.35. The first-order chi connectivity index (χ1) is 9.66. The SMILES string of the molecule is COC(=O)C(C)(CCCCl)c1ccc(C(F)(F)F)cc1F. The van der Waals surface area contributed by atoms with Crippen molar-refractivity contribution in [1.29, 1.82) is 0 Å². The molecule has 2 nitrogen and oxygen atoms in total. The van der Waals surface area contributed by atoms with Crippen LogP contribution in [0.1, 0.15) is 30.9 Å². The zero-order valence-corrected chi connectivity index (χ0v) is 12.3. The maximum atomic E-state index is 14.1. The third-order valence-electron chi connectivity index (χ3n) is 3.34. The Morgan fingerprint density at radius 2 is 1.95 bits per heavy atom. The molecule has 0 saturated carbocycles. The Morgan fingerprint density at radius 3 is 2.38 bits per heavy atom. The van der Waals surface area contributed by atoms with Crippen molar-refractivity contribution in [2.24, 2.45) is 0 Å². The molecular weight excluding hydrogens is 312 g/mol. The van der Waals surface area contributed by atoms with E-state index in [0.29, 0.717) is 12.5 Å². The predicted octanol–water partition coefficient (Wildman–Crippen LogP) is 4.29. The molecule has 0 amide bonds. The number of halogens is 5. The van der Waals surface area contributed by atoms with Crippen LogP contribution >= 0.6 is 11.6 Å². The first-order valence-electron chi connectivity index (χ1n) is 6.18. The van der Waals surface area contributed by atoms with E-state index >= 15 is 0 Å². The zero-order valence-electron chi connectivity index (χ0n) is 11.6. The maximum Gasteiger partial charge on any atom is 0.416 e. The highest BCUT2D eigenvalue weighted by atomic mass is 35.5. The molecule has 0 aliphatic carbocycles. The van der Waals surface area contributed by atoms with E-state index < -0.39 is 28.9 Å². The minimum atomic E-state index is -4.64. The minimum Gasteiger partial charge on any atom is -0.468 e. The number of methoxy groups -OCH3 is 1.